The van der Waals surface area contributed by atoms with Gasteiger partial charge in [-0.05, 0) is 54.7 Å². The summed E-state index contributed by atoms with van der Waals surface area (Å²) in [6.45, 7) is 0. The number of nitrogens with one attached hydrogen (secondary N) is 2. The van der Waals surface area contributed by atoms with Gasteiger partial charge in [-0.25, -0.2) is 0 Å². The average molecular weight is 301 g/mol. The van der Waals surface area contributed by atoms with Gasteiger partial charge in [0.2, 0.25) is 0 Å². The highest BCUT2D eigenvalue weighted by atomic mass is 79.9. The van der Waals surface area contributed by atoms with Gasteiger partial charge in [-0.1, -0.05) is 0 Å². The third-order valence-electron chi connectivity index (χ3n) is 3.33. The first-order valence-electron chi connectivity index (χ1n) is 5.92. The first-order chi connectivity index (χ1) is 8.20. The number of amides is 1. The normalized spacial score (nSPS) is 24.6. The van der Waals surface area contributed by atoms with Gasteiger partial charge in [0, 0.05) is 12.1 Å². The predicted octanol–water partition coefficient (Wildman–Crippen LogP) is 2.30. The van der Waals surface area contributed by atoms with Crippen molar-refractivity contribution in [3.05, 3.63) is 22.6 Å². The molecule has 1 fully saturated rings. The van der Waals surface area contributed by atoms with Crippen molar-refractivity contribution >= 4 is 21.8 Å². The molecule has 1 aromatic heterocycles. The van der Waals surface area contributed by atoms with E-state index >= 15 is 0 Å². The summed E-state index contributed by atoms with van der Waals surface area (Å²) in [5, 5.41) is 6.33. The number of rotatable bonds is 3. The molecule has 5 heteroatoms. The first-order valence-corrected chi connectivity index (χ1v) is 6.71. The van der Waals surface area contributed by atoms with Gasteiger partial charge in [-0.2, -0.15) is 0 Å². The van der Waals surface area contributed by atoms with E-state index in [1.54, 1.807) is 6.07 Å². The first kappa shape index (κ1) is 12.6. The molecule has 1 amide bonds. The van der Waals surface area contributed by atoms with E-state index in [0.29, 0.717) is 16.3 Å². The predicted molar refractivity (Wildman–Crippen MR) is 69.0 cm³/mol. The highest BCUT2D eigenvalue weighted by Gasteiger charge is 2.22. The Balaban J connectivity index is 1.86. The van der Waals surface area contributed by atoms with Crippen LogP contribution in [0.25, 0.3) is 0 Å². The molecule has 17 heavy (non-hydrogen) atoms. The van der Waals surface area contributed by atoms with E-state index < -0.39 is 0 Å². The lowest BCUT2D eigenvalue weighted by Crippen LogP contribution is -2.41. The summed E-state index contributed by atoms with van der Waals surface area (Å²) < 4.78 is 5.55. The van der Waals surface area contributed by atoms with Crippen molar-refractivity contribution in [2.24, 2.45) is 0 Å². The van der Waals surface area contributed by atoms with Crippen LogP contribution in [0.1, 0.15) is 36.0 Å². The molecule has 0 spiro atoms. The van der Waals surface area contributed by atoms with Gasteiger partial charge in [0.25, 0.3) is 5.91 Å². The number of carbonyl (C=O) groups is 1. The molecule has 0 radical (unpaired) electrons. The van der Waals surface area contributed by atoms with Crippen LogP contribution in [-0.2, 0) is 0 Å². The molecule has 2 rings (SSSR count). The largest absolute Gasteiger partial charge is 0.457 e. The van der Waals surface area contributed by atoms with Crippen molar-refractivity contribution in [1.82, 2.24) is 10.6 Å². The Kier molecular flexibility index (Phi) is 4.23. The zero-order valence-electron chi connectivity index (χ0n) is 9.83. The highest BCUT2D eigenvalue weighted by Crippen LogP contribution is 2.21. The molecule has 4 nitrogen and oxygen atoms in total. The molecule has 94 valence electrons. The van der Waals surface area contributed by atoms with E-state index in [2.05, 4.69) is 26.6 Å². The van der Waals surface area contributed by atoms with Crippen LogP contribution in [0.5, 0.6) is 0 Å². The summed E-state index contributed by atoms with van der Waals surface area (Å²) in [4.78, 5) is 11.9. The maximum absolute atomic E-state index is 11.9. The summed E-state index contributed by atoms with van der Waals surface area (Å²) in [5.41, 5.74) is 0.570. The molecule has 1 aliphatic rings. The van der Waals surface area contributed by atoms with Crippen LogP contribution in [0, 0.1) is 0 Å². The van der Waals surface area contributed by atoms with Gasteiger partial charge in [-0.3, -0.25) is 4.79 Å². The van der Waals surface area contributed by atoms with E-state index in [-0.39, 0.29) is 11.9 Å². The Morgan fingerprint density at radius 1 is 1.35 bits per heavy atom. The van der Waals surface area contributed by atoms with Crippen molar-refractivity contribution in [3.63, 3.8) is 0 Å². The minimum Gasteiger partial charge on any atom is -0.457 e. The van der Waals surface area contributed by atoms with E-state index in [4.69, 9.17) is 4.42 Å². The Hall–Kier alpha value is -0.810. The summed E-state index contributed by atoms with van der Waals surface area (Å²) in [5.74, 6) is -0.0569. The number of halogens is 1. The van der Waals surface area contributed by atoms with E-state index in [0.717, 1.165) is 25.7 Å². The minimum atomic E-state index is -0.0569. The highest BCUT2D eigenvalue weighted by molar-refractivity contribution is 9.10. The fourth-order valence-corrected chi connectivity index (χ4v) is 2.67. The molecule has 0 saturated heterocycles. The third-order valence-corrected chi connectivity index (χ3v) is 3.95. The SMILES string of the molecule is CNC1CCC(NC(=O)c2ccoc2Br)CC1. The van der Waals surface area contributed by atoms with Crippen LogP contribution in [0.4, 0.5) is 0 Å². The van der Waals surface area contributed by atoms with Crippen molar-refractivity contribution in [2.75, 3.05) is 7.05 Å². The molecule has 1 heterocycles. The molecule has 0 bridgehead atoms. The van der Waals surface area contributed by atoms with Crippen LogP contribution in [0.15, 0.2) is 21.4 Å². The van der Waals surface area contributed by atoms with E-state index in [1.165, 1.54) is 6.26 Å². The fraction of sp³-hybridized carbons (Fsp3) is 0.583. The summed E-state index contributed by atoms with van der Waals surface area (Å²) in [7, 11) is 1.99. The van der Waals surface area contributed by atoms with Gasteiger partial charge < -0.3 is 15.1 Å². The molecule has 1 aromatic rings. The van der Waals surface area contributed by atoms with Gasteiger partial charge in [0.15, 0.2) is 4.67 Å². The molecular formula is C12H17BrN2O2. The van der Waals surface area contributed by atoms with E-state index in [9.17, 15) is 4.79 Å². The Bertz CT molecular complexity index is 384. The van der Waals surface area contributed by atoms with Gasteiger partial charge in [-0.15, -0.1) is 0 Å². The lowest BCUT2D eigenvalue weighted by Gasteiger charge is -2.28. The summed E-state index contributed by atoms with van der Waals surface area (Å²) in [6, 6.07) is 2.57. The van der Waals surface area contributed by atoms with Crippen molar-refractivity contribution in [3.8, 4) is 0 Å². The summed E-state index contributed by atoms with van der Waals surface area (Å²) >= 11 is 3.21. The number of hydrogen-bond acceptors (Lipinski definition) is 3. The van der Waals surface area contributed by atoms with E-state index in [1.807, 2.05) is 7.05 Å². The molecule has 0 aromatic carbocycles. The number of furan rings is 1. The second-order valence-electron chi connectivity index (χ2n) is 4.42. The van der Waals surface area contributed by atoms with Gasteiger partial charge in [0.05, 0.1) is 11.8 Å². The lowest BCUT2D eigenvalue weighted by atomic mass is 9.91. The van der Waals surface area contributed by atoms with Crippen LogP contribution >= 0.6 is 15.9 Å². The smallest absolute Gasteiger partial charge is 0.255 e. The quantitative estimate of drug-likeness (QED) is 0.901. The summed E-state index contributed by atoms with van der Waals surface area (Å²) in [6.07, 6.45) is 5.82. The van der Waals surface area contributed by atoms with Gasteiger partial charge in [0.1, 0.15) is 0 Å². The second-order valence-corrected chi connectivity index (χ2v) is 5.14. The van der Waals surface area contributed by atoms with Crippen LogP contribution < -0.4 is 10.6 Å². The minimum absolute atomic E-state index is 0.0569. The van der Waals surface area contributed by atoms with Crippen molar-refractivity contribution < 1.29 is 9.21 Å². The average Bonchev–Trinajstić information content (AvgIpc) is 2.76. The Labute approximate surface area is 109 Å². The maximum atomic E-state index is 11.9. The zero-order valence-corrected chi connectivity index (χ0v) is 11.4. The number of hydrogen-bond donors (Lipinski definition) is 2. The second kappa shape index (κ2) is 5.69. The third kappa shape index (κ3) is 3.10. The molecule has 0 aliphatic heterocycles. The van der Waals surface area contributed by atoms with Gasteiger partial charge >= 0.3 is 0 Å². The van der Waals surface area contributed by atoms with Crippen molar-refractivity contribution in [2.45, 2.75) is 37.8 Å². The number of carbonyl (C=O) groups excluding carboxylic acids is 1. The Morgan fingerprint density at radius 2 is 2.00 bits per heavy atom. The topological polar surface area (TPSA) is 54.3 Å². The van der Waals surface area contributed by atoms with Crippen molar-refractivity contribution in [1.29, 1.82) is 0 Å². The molecular weight excluding hydrogens is 284 g/mol. The monoisotopic (exact) mass is 300 g/mol. The zero-order chi connectivity index (χ0) is 12.3. The van der Waals surface area contributed by atoms with Crippen LogP contribution in [0.2, 0.25) is 0 Å². The fourth-order valence-electron chi connectivity index (χ4n) is 2.25. The van der Waals surface area contributed by atoms with Crippen LogP contribution in [-0.4, -0.2) is 25.0 Å². The molecule has 1 aliphatic carbocycles. The molecule has 0 atom stereocenters. The molecule has 0 unspecified atom stereocenters. The standard InChI is InChI=1S/C12H17BrN2O2/c1-14-8-2-4-9(5-3-8)15-12(16)10-6-7-17-11(10)13/h6-9,14H,2-5H2,1H3,(H,15,16). The molecule has 2 N–H and O–H groups in total. The van der Waals surface area contributed by atoms with Crippen LogP contribution in [0.3, 0.4) is 0 Å². The Morgan fingerprint density at radius 3 is 2.53 bits per heavy atom. The maximum Gasteiger partial charge on any atom is 0.255 e. The molecule has 1 saturated carbocycles. The lowest BCUT2D eigenvalue weighted by molar-refractivity contribution is 0.0923.